The zero-order chi connectivity index (χ0) is 13.7. The van der Waals surface area contributed by atoms with Gasteiger partial charge in [0, 0.05) is 6.07 Å². The first-order valence-corrected chi connectivity index (χ1v) is 5.14. The standard InChI is InChI=1S/C11H17N5O2/c1-6-4-8(17-2)9(18-3)5-7(6)15-11(14)16-10(12)13/h4-5H,1-3H3,(H6,12,13,14,15,16). The number of benzene rings is 1. The summed E-state index contributed by atoms with van der Waals surface area (Å²) in [6.45, 7) is 1.86. The number of guanidine groups is 2. The lowest BCUT2D eigenvalue weighted by Crippen LogP contribution is -2.26. The van der Waals surface area contributed by atoms with Crippen LogP contribution in [0.1, 0.15) is 5.56 Å². The molecule has 0 aliphatic heterocycles. The number of nitrogens with zero attached hydrogens (tertiary/aromatic N) is 2. The summed E-state index contributed by atoms with van der Waals surface area (Å²) in [5.41, 5.74) is 17.5. The van der Waals surface area contributed by atoms with Crippen molar-refractivity contribution in [1.82, 2.24) is 0 Å². The van der Waals surface area contributed by atoms with Crippen LogP contribution in [0.15, 0.2) is 22.1 Å². The number of ether oxygens (including phenoxy) is 2. The lowest BCUT2D eigenvalue weighted by Gasteiger charge is -2.10. The van der Waals surface area contributed by atoms with Crippen LogP contribution in [0.4, 0.5) is 5.69 Å². The first kappa shape index (κ1) is 13.6. The molecular formula is C11H17N5O2. The van der Waals surface area contributed by atoms with Crippen molar-refractivity contribution in [1.29, 1.82) is 0 Å². The van der Waals surface area contributed by atoms with Gasteiger partial charge in [-0.15, -0.1) is 0 Å². The quantitative estimate of drug-likeness (QED) is 0.524. The van der Waals surface area contributed by atoms with Gasteiger partial charge in [0.15, 0.2) is 17.5 Å². The fourth-order valence-corrected chi connectivity index (χ4v) is 1.37. The molecule has 0 aliphatic rings. The van der Waals surface area contributed by atoms with Crippen molar-refractivity contribution >= 4 is 17.6 Å². The van der Waals surface area contributed by atoms with Crippen LogP contribution in [0.2, 0.25) is 0 Å². The van der Waals surface area contributed by atoms with Gasteiger partial charge in [-0.05, 0) is 18.6 Å². The average molecular weight is 251 g/mol. The van der Waals surface area contributed by atoms with Gasteiger partial charge in [-0.2, -0.15) is 4.99 Å². The van der Waals surface area contributed by atoms with Crippen molar-refractivity contribution in [3.8, 4) is 11.5 Å². The molecule has 0 heterocycles. The van der Waals surface area contributed by atoms with Crippen molar-refractivity contribution in [3.05, 3.63) is 17.7 Å². The van der Waals surface area contributed by atoms with Crippen molar-refractivity contribution < 1.29 is 9.47 Å². The number of methoxy groups -OCH3 is 2. The van der Waals surface area contributed by atoms with Crippen molar-refractivity contribution in [2.75, 3.05) is 14.2 Å². The molecule has 0 fully saturated rings. The molecule has 0 amide bonds. The van der Waals surface area contributed by atoms with Crippen LogP contribution in [0.25, 0.3) is 0 Å². The zero-order valence-corrected chi connectivity index (χ0v) is 10.6. The SMILES string of the molecule is COc1cc(C)c(N=C(N)N=C(N)N)cc1OC. The normalized spacial score (nSPS) is 10.9. The Morgan fingerprint density at radius 3 is 2.11 bits per heavy atom. The van der Waals surface area contributed by atoms with E-state index in [0.717, 1.165) is 5.56 Å². The molecule has 1 aromatic rings. The molecule has 7 heteroatoms. The second-order valence-electron chi connectivity index (χ2n) is 3.50. The van der Waals surface area contributed by atoms with Crippen molar-refractivity contribution in [2.45, 2.75) is 6.92 Å². The third-order valence-corrected chi connectivity index (χ3v) is 2.18. The van der Waals surface area contributed by atoms with Crippen molar-refractivity contribution in [3.63, 3.8) is 0 Å². The maximum absolute atomic E-state index is 5.57. The van der Waals surface area contributed by atoms with E-state index in [9.17, 15) is 0 Å². The first-order valence-electron chi connectivity index (χ1n) is 5.14. The van der Waals surface area contributed by atoms with Crippen LogP contribution in [0, 0.1) is 6.92 Å². The van der Waals surface area contributed by atoms with Gasteiger partial charge in [0.2, 0.25) is 5.96 Å². The van der Waals surface area contributed by atoms with Crippen LogP contribution >= 0.6 is 0 Å². The van der Waals surface area contributed by atoms with E-state index >= 15 is 0 Å². The maximum Gasteiger partial charge on any atom is 0.223 e. The molecule has 0 spiro atoms. The first-order chi connectivity index (χ1) is 8.47. The van der Waals surface area contributed by atoms with Gasteiger partial charge in [-0.25, -0.2) is 4.99 Å². The molecule has 0 aliphatic carbocycles. The average Bonchev–Trinajstić information content (AvgIpc) is 2.30. The Kier molecular flexibility index (Phi) is 4.36. The van der Waals surface area contributed by atoms with Crippen LogP contribution < -0.4 is 26.7 Å². The van der Waals surface area contributed by atoms with E-state index in [1.807, 2.05) is 6.92 Å². The largest absolute Gasteiger partial charge is 0.493 e. The third-order valence-electron chi connectivity index (χ3n) is 2.18. The lowest BCUT2D eigenvalue weighted by molar-refractivity contribution is 0.355. The Bertz CT molecular complexity index is 492. The van der Waals surface area contributed by atoms with Gasteiger partial charge >= 0.3 is 0 Å². The van der Waals surface area contributed by atoms with E-state index in [0.29, 0.717) is 17.2 Å². The summed E-state index contributed by atoms with van der Waals surface area (Å²) in [5, 5.41) is 0. The fourth-order valence-electron chi connectivity index (χ4n) is 1.37. The predicted molar refractivity (Wildman–Crippen MR) is 71.4 cm³/mol. The van der Waals surface area contributed by atoms with E-state index in [1.165, 1.54) is 0 Å². The van der Waals surface area contributed by atoms with Gasteiger partial charge in [0.1, 0.15) is 0 Å². The van der Waals surface area contributed by atoms with Crippen LogP contribution in [0.3, 0.4) is 0 Å². The Morgan fingerprint density at radius 1 is 1.06 bits per heavy atom. The molecular weight excluding hydrogens is 234 g/mol. The Labute approximate surface area is 105 Å². The fraction of sp³-hybridized carbons (Fsp3) is 0.273. The number of rotatable bonds is 3. The van der Waals surface area contributed by atoms with Crippen LogP contribution in [0.5, 0.6) is 11.5 Å². The number of aryl methyl sites for hydroxylation is 1. The maximum atomic E-state index is 5.57. The summed E-state index contributed by atoms with van der Waals surface area (Å²) in [4.78, 5) is 7.73. The zero-order valence-electron chi connectivity index (χ0n) is 10.6. The van der Waals surface area contributed by atoms with Crippen LogP contribution in [-0.2, 0) is 0 Å². The molecule has 6 N–H and O–H groups in total. The minimum Gasteiger partial charge on any atom is -0.493 e. The second kappa shape index (κ2) is 5.76. The highest BCUT2D eigenvalue weighted by Crippen LogP contribution is 2.34. The molecule has 0 atom stereocenters. The van der Waals surface area contributed by atoms with E-state index in [2.05, 4.69) is 9.98 Å². The molecule has 0 bridgehead atoms. The molecule has 0 unspecified atom stereocenters. The molecule has 18 heavy (non-hydrogen) atoms. The highest BCUT2D eigenvalue weighted by Gasteiger charge is 2.08. The summed E-state index contributed by atoms with van der Waals surface area (Å²) in [7, 11) is 3.11. The Balaban J connectivity index is 3.22. The smallest absolute Gasteiger partial charge is 0.223 e. The summed E-state index contributed by atoms with van der Waals surface area (Å²) in [6.07, 6.45) is 0. The number of hydrogen-bond donors (Lipinski definition) is 3. The molecule has 1 rings (SSSR count). The minimum absolute atomic E-state index is 0.0229. The second-order valence-corrected chi connectivity index (χ2v) is 3.50. The predicted octanol–water partition coefficient (Wildman–Crippen LogP) is 0.232. The summed E-state index contributed by atoms with van der Waals surface area (Å²) < 4.78 is 10.3. The number of nitrogens with two attached hydrogens (primary N) is 3. The molecule has 7 nitrogen and oxygen atoms in total. The monoisotopic (exact) mass is 251 g/mol. The van der Waals surface area contributed by atoms with E-state index in [1.54, 1.807) is 26.4 Å². The number of aliphatic imine (C=N–C) groups is 2. The molecule has 0 saturated carbocycles. The number of hydrogen-bond acceptors (Lipinski definition) is 3. The summed E-state index contributed by atoms with van der Waals surface area (Å²) in [6, 6.07) is 3.49. The minimum atomic E-state index is -0.144. The van der Waals surface area contributed by atoms with Gasteiger partial charge < -0.3 is 26.7 Å². The van der Waals surface area contributed by atoms with Gasteiger partial charge in [-0.1, -0.05) is 0 Å². The van der Waals surface area contributed by atoms with Gasteiger partial charge in [0.05, 0.1) is 19.9 Å². The molecule has 1 aromatic carbocycles. The van der Waals surface area contributed by atoms with E-state index in [4.69, 9.17) is 26.7 Å². The highest BCUT2D eigenvalue weighted by molar-refractivity contribution is 5.93. The Hall–Kier alpha value is -2.44. The Morgan fingerprint density at radius 2 is 1.61 bits per heavy atom. The topological polar surface area (TPSA) is 121 Å². The molecule has 98 valence electrons. The lowest BCUT2D eigenvalue weighted by atomic mass is 10.2. The highest BCUT2D eigenvalue weighted by atomic mass is 16.5. The van der Waals surface area contributed by atoms with E-state index in [-0.39, 0.29) is 11.9 Å². The third kappa shape index (κ3) is 3.27. The molecule has 0 radical (unpaired) electrons. The van der Waals surface area contributed by atoms with E-state index < -0.39 is 0 Å². The van der Waals surface area contributed by atoms with Crippen molar-refractivity contribution in [2.24, 2.45) is 27.2 Å². The van der Waals surface area contributed by atoms with Gasteiger partial charge in [-0.3, -0.25) is 0 Å². The molecule has 0 aromatic heterocycles. The molecule has 0 saturated heterocycles. The summed E-state index contributed by atoms with van der Waals surface area (Å²) in [5.74, 6) is 1.01. The summed E-state index contributed by atoms with van der Waals surface area (Å²) >= 11 is 0. The van der Waals surface area contributed by atoms with Crippen LogP contribution in [-0.4, -0.2) is 26.1 Å². The van der Waals surface area contributed by atoms with Gasteiger partial charge in [0.25, 0.3) is 0 Å².